The highest BCUT2D eigenvalue weighted by molar-refractivity contribution is 6.30. The second kappa shape index (κ2) is 11.0. The van der Waals surface area contributed by atoms with Crippen LogP contribution >= 0.6 is 11.6 Å². The predicted molar refractivity (Wildman–Crippen MR) is 145 cm³/mol. The molecule has 0 bridgehead atoms. The Morgan fingerprint density at radius 1 is 0.889 bits per heavy atom. The van der Waals surface area contributed by atoms with Crippen LogP contribution in [0.15, 0.2) is 79.0 Å². The molecule has 0 saturated heterocycles. The number of carboxylic acid groups (broad SMARTS) is 1. The first kappa shape index (κ1) is 25.6. The molecule has 36 heavy (non-hydrogen) atoms. The van der Waals surface area contributed by atoms with Crippen molar-refractivity contribution in [2.45, 2.75) is 46.0 Å². The molecular formula is C31H30ClNO3. The maximum absolute atomic E-state index is 12.7. The number of aromatic nitrogens is 1. The largest absolute Gasteiger partial charge is 0.481 e. The Morgan fingerprint density at radius 2 is 1.53 bits per heavy atom. The van der Waals surface area contributed by atoms with E-state index in [9.17, 15) is 14.7 Å². The normalized spacial score (nSPS) is 11.5. The highest BCUT2D eigenvalue weighted by Crippen LogP contribution is 2.29. The summed E-state index contributed by atoms with van der Waals surface area (Å²) in [7, 11) is 0. The van der Waals surface area contributed by atoms with Gasteiger partial charge in [-0.1, -0.05) is 72.3 Å². The molecule has 0 aliphatic rings. The van der Waals surface area contributed by atoms with E-state index >= 15 is 0 Å². The maximum atomic E-state index is 12.7. The molecule has 0 saturated carbocycles. The first-order valence-electron chi connectivity index (χ1n) is 12.2. The van der Waals surface area contributed by atoms with Crippen LogP contribution in [-0.2, 0) is 24.1 Å². The van der Waals surface area contributed by atoms with Crippen LogP contribution in [0.2, 0.25) is 5.02 Å². The van der Waals surface area contributed by atoms with Crippen molar-refractivity contribution in [3.8, 4) is 0 Å². The number of nitrogens with zero attached hydrogens (tertiary/aromatic N) is 1. The first-order valence-corrected chi connectivity index (χ1v) is 12.6. The van der Waals surface area contributed by atoms with Gasteiger partial charge in [0.25, 0.3) is 0 Å². The van der Waals surface area contributed by atoms with Gasteiger partial charge < -0.3 is 5.11 Å². The van der Waals surface area contributed by atoms with Crippen molar-refractivity contribution in [1.82, 2.24) is 4.98 Å². The molecule has 0 atom stereocenters. The number of pyridine rings is 1. The van der Waals surface area contributed by atoms with Crippen LogP contribution in [0.25, 0.3) is 10.8 Å². The third-order valence-electron chi connectivity index (χ3n) is 6.60. The Balaban J connectivity index is 1.43. The zero-order valence-corrected chi connectivity index (χ0v) is 21.4. The summed E-state index contributed by atoms with van der Waals surface area (Å²) in [4.78, 5) is 29.0. The number of benzene rings is 3. The van der Waals surface area contributed by atoms with Crippen LogP contribution < -0.4 is 0 Å². The highest BCUT2D eigenvalue weighted by atomic mass is 35.5. The molecule has 0 amide bonds. The molecule has 4 aromatic rings. The highest BCUT2D eigenvalue weighted by Gasteiger charge is 2.28. The van der Waals surface area contributed by atoms with Crippen LogP contribution in [0.1, 0.15) is 59.4 Å². The molecule has 0 aliphatic carbocycles. The molecule has 4 rings (SSSR count). The number of carboxylic acids is 1. The zero-order chi connectivity index (χ0) is 25.7. The van der Waals surface area contributed by atoms with Crippen molar-refractivity contribution in [2.75, 3.05) is 0 Å². The van der Waals surface area contributed by atoms with Crippen molar-refractivity contribution >= 4 is 34.1 Å². The van der Waals surface area contributed by atoms with Gasteiger partial charge in [0, 0.05) is 35.0 Å². The smallest absolute Gasteiger partial charge is 0.309 e. The van der Waals surface area contributed by atoms with E-state index in [1.807, 2.05) is 72.8 Å². The lowest BCUT2D eigenvalue weighted by Crippen LogP contribution is -2.26. The van der Waals surface area contributed by atoms with Gasteiger partial charge in [0.05, 0.1) is 11.1 Å². The number of rotatable bonds is 10. The van der Waals surface area contributed by atoms with Gasteiger partial charge in [0.15, 0.2) is 5.78 Å². The summed E-state index contributed by atoms with van der Waals surface area (Å²) in [6.45, 7) is 3.47. The average Bonchev–Trinajstić information content (AvgIpc) is 2.87. The van der Waals surface area contributed by atoms with Gasteiger partial charge in [-0.3, -0.25) is 14.6 Å². The summed E-state index contributed by atoms with van der Waals surface area (Å²) in [5.74, 6) is -0.681. The lowest BCUT2D eigenvalue weighted by atomic mass is 9.84. The van der Waals surface area contributed by atoms with Crippen LogP contribution in [-0.4, -0.2) is 21.8 Å². The van der Waals surface area contributed by atoms with E-state index in [0.717, 1.165) is 51.0 Å². The molecule has 0 fully saturated rings. The quantitative estimate of drug-likeness (QED) is 0.232. The van der Waals surface area contributed by atoms with Crippen LogP contribution in [0, 0.1) is 5.41 Å². The fourth-order valence-corrected chi connectivity index (χ4v) is 4.52. The number of ketones is 1. The van der Waals surface area contributed by atoms with Crippen molar-refractivity contribution < 1.29 is 14.7 Å². The number of carbonyl (C=O) groups is 2. The van der Waals surface area contributed by atoms with Gasteiger partial charge >= 0.3 is 5.97 Å². The summed E-state index contributed by atoms with van der Waals surface area (Å²) in [6.07, 6.45) is 4.99. The van der Waals surface area contributed by atoms with Gasteiger partial charge in [-0.2, -0.15) is 0 Å². The Kier molecular flexibility index (Phi) is 7.85. The van der Waals surface area contributed by atoms with Crippen LogP contribution in [0.4, 0.5) is 0 Å². The molecular weight excluding hydrogens is 470 g/mol. The minimum Gasteiger partial charge on any atom is -0.481 e. The number of halogens is 1. The van der Waals surface area contributed by atoms with Crippen molar-refractivity contribution in [3.63, 3.8) is 0 Å². The average molecular weight is 500 g/mol. The molecule has 0 aliphatic heterocycles. The molecule has 1 N–H and O–H groups in total. The summed E-state index contributed by atoms with van der Waals surface area (Å²) >= 11 is 5.93. The summed E-state index contributed by atoms with van der Waals surface area (Å²) in [6, 6.07) is 23.5. The fraction of sp³-hybridized carbons (Fsp3) is 0.258. The fourth-order valence-electron chi connectivity index (χ4n) is 4.39. The molecule has 184 valence electrons. The third-order valence-corrected chi connectivity index (χ3v) is 6.85. The van der Waals surface area contributed by atoms with Crippen LogP contribution in [0.5, 0.6) is 0 Å². The predicted octanol–water partition coefficient (Wildman–Crippen LogP) is 7.34. The molecule has 0 unspecified atom stereocenters. The number of hydrogen-bond acceptors (Lipinski definition) is 3. The van der Waals surface area contributed by atoms with Crippen molar-refractivity contribution in [1.29, 1.82) is 0 Å². The van der Waals surface area contributed by atoms with E-state index in [0.29, 0.717) is 19.3 Å². The third kappa shape index (κ3) is 6.19. The second-order valence-electron chi connectivity index (χ2n) is 9.92. The SMILES string of the molecule is CC(C)(Cc1cnc(Cc2ccc(C(=O)CCCc3ccc(Cl)cc3)cc2)c2ccccc12)C(=O)O. The number of hydrogen-bond donors (Lipinski definition) is 1. The van der Waals surface area contributed by atoms with E-state index in [-0.39, 0.29) is 5.78 Å². The Morgan fingerprint density at radius 3 is 2.19 bits per heavy atom. The Labute approximate surface area is 217 Å². The summed E-state index contributed by atoms with van der Waals surface area (Å²) < 4.78 is 0. The molecule has 5 heteroatoms. The number of aliphatic carboxylic acids is 1. The van der Waals surface area contributed by atoms with Crippen molar-refractivity contribution in [3.05, 3.63) is 112 Å². The second-order valence-corrected chi connectivity index (χ2v) is 10.4. The van der Waals surface area contributed by atoms with E-state index in [1.165, 1.54) is 5.56 Å². The van der Waals surface area contributed by atoms with E-state index < -0.39 is 11.4 Å². The Bertz CT molecular complexity index is 1380. The molecule has 0 radical (unpaired) electrons. The van der Waals surface area contributed by atoms with E-state index in [4.69, 9.17) is 16.6 Å². The van der Waals surface area contributed by atoms with Crippen LogP contribution in [0.3, 0.4) is 0 Å². The van der Waals surface area contributed by atoms with Crippen molar-refractivity contribution in [2.24, 2.45) is 5.41 Å². The lowest BCUT2D eigenvalue weighted by Gasteiger charge is -2.20. The minimum atomic E-state index is -0.872. The molecule has 3 aromatic carbocycles. The molecule has 4 nitrogen and oxygen atoms in total. The molecule has 1 aromatic heterocycles. The van der Waals surface area contributed by atoms with Gasteiger partial charge in [-0.05, 0) is 67.3 Å². The number of Topliss-reactive ketones (excluding diaryl/α,β-unsaturated/α-hetero) is 1. The number of carbonyl (C=O) groups excluding carboxylic acids is 1. The topological polar surface area (TPSA) is 67.3 Å². The van der Waals surface area contributed by atoms with Gasteiger partial charge in [-0.25, -0.2) is 0 Å². The zero-order valence-electron chi connectivity index (χ0n) is 20.6. The van der Waals surface area contributed by atoms with Gasteiger partial charge in [0.2, 0.25) is 0 Å². The Hall–Kier alpha value is -3.50. The summed E-state index contributed by atoms with van der Waals surface area (Å²) in [5.41, 5.74) is 3.97. The molecule has 1 heterocycles. The standard InChI is InChI=1S/C31H30ClNO3/c1-31(2,30(35)36)19-24-20-33-28(27-8-4-3-7-26(24)27)18-22-10-14-23(15-11-22)29(34)9-5-6-21-12-16-25(32)17-13-21/h3-4,7-8,10-17,20H,5-6,9,18-19H2,1-2H3,(H,35,36). The molecule has 0 spiro atoms. The van der Waals surface area contributed by atoms with Gasteiger partial charge in [0.1, 0.15) is 0 Å². The minimum absolute atomic E-state index is 0.143. The number of fused-ring (bicyclic) bond motifs is 1. The summed E-state index contributed by atoms with van der Waals surface area (Å²) in [5, 5.41) is 12.3. The van der Waals surface area contributed by atoms with Gasteiger partial charge in [-0.15, -0.1) is 0 Å². The number of aryl methyl sites for hydroxylation is 1. The van der Waals surface area contributed by atoms with E-state index in [1.54, 1.807) is 20.0 Å². The first-order chi connectivity index (χ1) is 17.2. The lowest BCUT2D eigenvalue weighted by molar-refractivity contribution is -0.146. The van der Waals surface area contributed by atoms with E-state index in [2.05, 4.69) is 0 Å². The monoisotopic (exact) mass is 499 g/mol. The maximum Gasteiger partial charge on any atom is 0.309 e.